The first-order valence-corrected chi connectivity index (χ1v) is 12.5. The molecule has 1 N–H and O–H groups in total. The van der Waals surface area contributed by atoms with E-state index in [-0.39, 0.29) is 18.0 Å². The van der Waals surface area contributed by atoms with Crippen LogP contribution in [0.4, 0.5) is 5.69 Å². The summed E-state index contributed by atoms with van der Waals surface area (Å²) in [5.41, 5.74) is 4.02. The Morgan fingerprint density at radius 3 is 2.50 bits per heavy atom. The third-order valence-corrected chi connectivity index (χ3v) is 7.01. The van der Waals surface area contributed by atoms with E-state index in [0.717, 1.165) is 34.5 Å². The van der Waals surface area contributed by atoms with Gasteiger partial charge in [-0.25, -0.2) is 0 Å². The normalized spacial score (nSPS) is 18.2. The van der Waals surface area contributed by atoms with Crippen LogP contribution in [0.1, 0.15) is 35.3 Å². The molecule has 0 saturated carbocycles. The summed E-state index contributed by atoms with van der Waals surface area (Å²) in [7, 11) is 7.31. The molecule has 36 heavy (non-hydrogen) atoms. The molecule has 0 aromatic heterocycles. The first kappa shape index (κ1) is 26.0. The molecular formula is C29H34ClN3O3. The molecular weight excluding hydrogens is 474 g/mol. The van der Waals surface area contributed by atoms with Crippen LogP contribution in [0.25, 0.3) is 0 Å². The molecule has 3 aromatic rings. The van der Waals surface area contributed by atoms with Crippen LogP contribution in [-0.2, 0) is 16.1 Å². The number of amides is 1. The molecule has 1 heterocycles. The van der Waals surface area contributed by atoms with Gasteiger partial charge >= 0.3 is 0 Å². The number of anilines is 1. The number of carbonyl (C=O) groups excluding carboxylic acids is 1. The molecule has 2 unspecified atom stereocenters. The maximum Gasteiger partial charge on any atom is 0.256 e. The Hall–Kier alpha value is -3.06. The van der Waals surface area contributed by atoms with Crippen LogP contribution in [0.2, 0.25) is 5.02 Å². The number of methoxy groups -OCH3 is 2. The fourth-order valence-electron chi connectivity index (χ4n) is 5.07. The fraction of sp³-hybridized carbons (Fsp3) is 0.345. The SMILES string of the molecule is COc1ccc(Cl)cc1CNC1CCN(C(=O)[C@H](OC)c2ccccc2)C1c1ccccc1N(C)C. The fourth-order valence-corrected chi connectivity index (χ4v) is 5.26. The highest BCUT2D eigenvalue weighted by Crippen LogP contribution is 2.39. The minimum atomic E-state index is -0.660. The van der Waals surface area contributed by atoms with Gasteiger partial charge in [-0.2, -0.15) is 0 Å². The molecule has 0 radical (unpaired) electrons. The smallest absolute Gasteiger partial charge is 0.256 e. The zero-order chi connectivity index (χ0) is 25.7. The molecule has 7 heteroatoms. The van der Waals surface area contributed by atoms with Crippen LogP contribution >= 0.6 is 11.6 Å². The zero-order valence-electron chi connectivity index (χ0n) is 21.3. The van der Waals surface area contributed by atoms with Crippen LogP contribution in [0, 0.1) is 0 Å². The summed E-state index contributed by atoms with van der Waals surface area (Å²) in [4.78, 5) is 18.0. The third kappa shape index (κ3) is 5.51. The van der Waals surface area contributed by atoms with Gasteiger partial charge in [0.15, 0.2) is 6.10 Å². The Morgan fingerprint density at radius 1 is 1.08 bits per heavy atom. The van der Waals surface area contributed by atoms with Gasteiger partial charge in [0.25, 0.3) is 5.91 Å². The van der Waals surface area contributed by atoms with Crippen molar-refractivity contribution in [3.05, 3.63) is 94.5 Å². The highest BCUT2D eigenvalue weighted by atomic mass is 35.5. The quantitative estimate of drug-likeness (QED) is 0.429. The molecule has 6 nitrogen and oxygen atoms in total. The lowest BCUT2D eigenvalue weighted by molar-refractivity contribution is -0.143. The van der Waals surface area contributed by atoms with E-state index in [1.54, 1.807) is 14.2 Å². The van der Waals surface area contributed by atoms with Crippen molar-refractivity contribution in [3.63, 3.8) is 0 Å². The van der Waals surface area contributed by atoms with Crippen LogP contribution in [-0.4, -0.2) is 51.7 Å². The van der Waals surface area contributed by atoms with Gasteiger partial charge in [-0.15, -0.1) is 0 Å². The number of nitrogens with one attached hydrogen (secondary N) is 1. The van der Waals surface area contributed by atoms with Crippen molar-refractivity contribution in [2.45, 2.75) is 31.2 Å². The highest BCUT2D eigenvalue weighted by molar-refractivity contribution is 6.30. The van der Waals surface area contributed by atoms with Crippen molar-refractivity contribution < 1.29 is 14.3 Å². The highest BCUT2D eigenvalue weighted by Gasteiger charge is 2.41. The van der Waals surface area contributed by atoms with Crippen molar-refractivity contribution in [3.8, 4) is 5.75 Å². The minimum absolute atomic E-state index is 0.0343. The molecule has 1 aliphatic heterocycles. The lowest BCUT2D eigenvalue weighted by Crippen LogP contribution is -2.41. The molecule has 1 amide bonds. The monoisotopic (exact) mass is 507 g/mol. The number of likely N-dealkylation sites (tertiary alicyclic amines) is 1. The molecule has 190 valence electrons. The second kappa shape index (κ2) is 11.8. The summed E-state index contributed by atoms with van der Waals surface area (Å²) in [6.07, 6.45) is 0.152. The Labute approximate surface area is 218 Å². The average Bonchev–Trinajstić information content (AvgIpc) is 3.32. The first-order chi connectivity index (χ1) is 17.4. The van der Waals surface area contributed by atoms with Crippen molar-refractivity contribution in [1.82, 2.24) is 10.2 Å². The second-order valence-corrected chi connectivity index (χ2v) is 9.62. The van der Waals surface area contributed by atoms with Gasteiger partial charge in [0.1, 0.15) is 5.75 Å². The van der Waals surface area contributed by atoms with E-state index in [4.69, 9.17) is 21.1 Å². The predicted molar refractivity (Wildman–Crippen MR) is 145 cm³/mol. The molecule has 3 aromatic carbocycles. The van der Waals surface area contributed by atoms with Crippen molar-refractivity contribution in [1.29, 1.82) is 0 Å². The van der Waals surface area contributed by atoms with Gasteiger partial charge in [-0.1, -0.05) is 60.1 Å². The Kier molecular flexibility index (Phi) is 8.52. The van der Waals surface area contributed by atoms with E-state index in [1.165, 1.54) is 0 Å². The van der Waals surface area contributed by atoms with Gasteiger partial charge in [-0.05, 0) is 41.8 Å². The predicted octanol–water partition coefficient (Wildman–Crippen LogP) is 5.23. The van der Waals surface area contributed by atoms with E-state index in [9.17, 15) is 4.79 Å². The average molecular weight is 508 g/mol. The molecule has 1 fully saturated rings. The van der Waals surface area contributed by atoms with E-state index in [1.807, 2.05) is 79.7 Å². The van der Waals surface area contributed by atoms with E-state index < -0.39 is 6.10 Å². The van der Waals surface area contributed by atoms with Gasteiger partial charge in [0.05, 0.1) is 13.2 Å². The summed E-state index contributed by atoms with van der Waals surface area (Å²) in [6, 6.07) is 23.4. The minimum Gasteiger partial charge on any atom is -0.496 e. The molecule has 0 spiro atoms. The first-order valence-electron chi connectivity index (χ1n) is 12.1. The van der Waals surface area contributed by atoms with Crippen molar-refractivity contribution >= 4 is 23.2 Å². The molecule has 1 aliphatic rings. The number of hydrogen-bond acceptors (Lipinski definition) is 5. The van der Waals surface area contributed by atoms with Crippen LogP contribution < -0.4 is 15.0 Å². The third-order valence-electron chi connectivity index (χ3n) is 6.78. The summed E-state index contributed by atoms with van der Waals surface area (Å²) in [6.45, 7) is 1.20. The molecule has 3 atom stereocenters. The van der Waals surface area contributed by atoms with Crippen molar-refractivity contribution in [2.75, 3.05) is 39.8 Å². The number of ether oxygens (including phenoxy) is 2. The van der Waals surface area contributed by atoms with E-state index >= 15 is 0 Å². The molecule has 0 aliphatic carbocycles. The van der Waals surface area contributed by atoms with Gasteiger partial charge in [0.2, 0.25) is 0 Å². The molecule has 1 saturated heterocycles. The standard InChI is InChI=1S/C29H34ClN3O3/c1-32(2)25-13-9-8-12-23(25)27-24(31-19-21-18-22(30)14-15-26(21)35-3)16-17-33(27)29(34)28(36-4)20-10-6-5-7-11-20/h5-15,18,24,27-28,31H,16-17,19H2,1-4H3/t24?,27?,28-/m1/s1. The van der Waals surface area contributed by atoms with E-state index in [0.29, 0.717) is 18.1 Å². The van der Waals surface area contributed by atoms with Crippen LogP contribution in [0.5, 0.6) is 5.75 Å². The van der Waals surface area contributed by atoms with Crippen molar-refractivity contribution in [2.24, 2.45) is 0 Å². The second-order valence-electron chi connectivity index (χ2n) is 9.19. The Balaban J connectivity index is 1.67. The summed E-state index contributed by atoms with van der Waals surface area (Å²) in [5, 5.41) is 4.37. The number of halogens is 1. The number of nitrogens with zero attached hydrogens (tertiary/aromatic N) is 2. The molecule has 4 rings (SSSR count). The number of rotatable bonds is 9. The number of carbonyl (C=O) groups is 1. The number of benzene rings is 3. The Morgan fingerprint density at radius 2 is 1.81 bits per heavy atom. The lowest BCUT2D eigenvalue weighted by atomic mass is 9.96. The summed E-state index contributed by atoms with van der Waals surface area (Å²) < 4.78 is 11.3. The largest absolute Gasteiger partial charge is 0.496 e. The van der Waals surface area contributed by atoms with Crippen LogP contribution in [0.15, 0.2) is 72.8 Å². The van der Waals surface area contributed by atoms with Gasteiger partial charge in [0, 0.05) is 56.6 Å². The number of para-hydroxylation sites is 1. The van der Waals surface area contributed by atoms with E-state index in [2.05, 4.69) is 22.3 Å². The topological polar surface area (TPSA) is 54.0 Å². The number of hydrogen-bond donors (Lipinski definition) is 1. The zero-order valence-corrected chi connectivity index (χ0v) is 22.0. The molecule has 0 bridgehead atoms. The maximum atomic E-state index is 13.9. The Bertz CT molecular complexity index is 1170. The van der Waals surface area contributed by atoms with Gasteiger partial charge < -0.3 is 24.6 Å². The lowest BCUT2D eigenvalue weighted by Gasteiger charge is -2.34. The summed E-state index contributed by atoms with van der Waals surface area (Å²) in [5.74, 6) is 0.749. The van der Waals surface area contributed by atoms with Crippen LogP contribution in [0.3, 0.4) is 0 Å². The maximum absolute atomic E-state index is 13.9. The summed E-state index contributed by atoms with van der Waals surface area (Å²) >= 11 is 6.27. The van der Waals surface area contributed by atoms with Gasteiger partial charge in [-0.3, -0.25) is 4.79 Å².